The molecular weight excluding hydrogens is 459 g/mol. The first-order valence-electron chi connectivity index (χ1n) is 7.54. The summed E-state index contributed by atoms with van der Waals surface area (Å²) in [5, 5.41) is 13.4. The quantitative estimate of drug-likeness (QED) is 0.403. The van der Waals surface area contributed by atoms with Crippen LogP contribution < -0.4 is 10.6 Å². The molecule has 0 unspecified atom stereocenters. The number of nitrogens with zero attached hydrogens (tertiary/aromatic N) is 2. The number of carbonyl (C=O) groups excluding carboxylic acids is 2. The number of thioether (sulfide) groups is 1. The van der Waals surface area contributed by atoms with Gasteiger partial charge in [-0.3, -0.25) is 14.9 Å². The lowest BCUT2D eigenvalue weighted by Gasteiger charge is -2.04. The monoisotopic (exact) mass is 470 g/mol. The summed E-state index contributed by atoms with van der Waals surface area (Å²) in [5.41, 5.74) is 0.806. The largest absolute Gasteiger partial charge is 0.444 e. The van der Waals surface area contributed by atoms with Gasteiger partial charge in [-0.05, 0) is 45.8 Å². The Bertz CT molecular complexity index is 945. The van der Waals surface area contributed by atoms with Crippen LogP contribution in [0.15, 0.2) is 49.8 Å². The molecule has 0 aliphatic heterocycles. The minimum atomic E-state index is -0.439. The second kappa shape index (κ2) is 9.11. The maximum Gasteiger partial charge on any atom is 0.293 e. The summed E-state index contributed by atoms with van der Waals surface area (Å²) in [5.74, 6) is -0.656. The van der Waals surface area contributed by atoms with Gasteiger partial charge in [0.15, 0.2) is 14.8 Å². The van der Waals surface area contributed by atoms with Crippen molar-refractivity contribution in [2.24, 2.45) is 0 Å². The predicted octanol–water partition coefficient (Wildman–Crippen LogP) is 3.69. The lowest BCUT2D eigenvalue weighted by Crippen LogP contribution is -2.24. The topological polar surface area (TPSA) is 97.1 Å². The molecule has 0 saturated carbocycles. The molecule has 0 bridgehead atoms. The van der Waals surface area contributed by atoms with Crippen LogP contribution >= 0.6 is 39.0 Å². The van der Waals surface area contributed by atoms with E-state index < -0.39 is 5.91 Å². The van der Waals surface area contributed by atoms with Crippen molar-refractivity contribution >= 4 is 56.0 Å². The Balaban J connectivity index is 1.44. The second-order valence-electron chi connectivity index (χ2n) is 5.12. The van der Waals surface area contributed by atoms with Crippen LogP contribution in [0, 0.1) is 5.82 Å². The van der Waals surface area contributed by atoms with E-state index in [0.717, 1.165) is 16.9 Å². The van der Waals surface area contributed by atoms with E-state index in [1.54, 1.807) is 18.2 Å². The van der Waals surface area contributed by atoms with Gasteiger partial charge in [-0.25, -0.2) is 4.39 Å². The van der Waals surface area contributed by atoms with E-state index in [2.05, 4.69) is 36.8 Å². The summed E-state index contributed by atoms with van der Waals surface area (Å²) in [6.07, 6.45) is 0. The number of benzene rings is 1. The Morgan fingerprint density at radius 1 is 1.19 bits per heavy atom. The van der Waals surface area contributed by atoms with Gasteiger partial charge in [-0.15, -0.1) is 10.2 Å². The third-order valence-corrected chi connectivity index (χ3v) is 5.55. The molecule has 0 atom stereocenters. The zero-order valence-corrected chi connectivity index (χ0v) is 16.8. The summed E-state index contributed by atoms with van der Waals surface area (Å²) in [6.45, 7) is 0.315. The van der Waals surface area contributed by atoms with Crippen LogP contribution in [0.5, 0.6) is 0 Å². The van der Waals surface area contributed by atoms with E-state index in [-0.39, 0.29) is 23.2 Å². The molecule has 2 heterocycles. The van der Waals surface area contributed by atoms with Crippen LogP contribution in [0.4, 0.5) is 9.52 Å². The van der Waals surface area contributed by atoms with Gasteiger partial charge in [0.05, 0.1) is 5.75 Å². The maximum absolute atomic E-state index is 12.8. The number of hydrogen-bond donors (Lipinski definition) is 2. The molecule has 0 aliphatic rings. The number of aromatic nitrogens is 2. The maximum atomic E-state index is 12.8. The lowest BCUT2D eigenvalue weighted by molar-refractivity contribution is -0.118. The highest BCUT2D eigenvalue weighted by molar-refractivity contribution is 9.10. The highest BCUT2D eigenvalue weighted by Crippen LogP contribution is 2.26. The normalized spacial score (nSPS) is 10.6. The van der Waals surface area contributed by atoms with Crippen molar-refractivity contribution in [3.8, 4) is 0 Å². The molecule has 3 aromatic rings. The first-order valence-corrected chi connectivity index (χ1v) is 10.1. The van der Waals surface area contributed by atoms with E-state index >= 15 is 0 Å². The van der Waals surface area contributed by atoms with Gasteiger partial charge in [0, 0.05) is 6.54 Å². The molecule has 7 nitrogen and oxygen atoms in total. The van der Waals surface area contributed by atoms with Crippen molar-refractivity contribution in [3.05, 3.63) is 58.2 Å². The molecule has 27 heavy (non-hydrogen) atoms. The van der Waals surface area contributed by atoms with Gasteiger partial charge in [0.25, 0.3) is 5.91 Å². The molecular formula is C16H12BrFN4O3S2. The fraction of sp³-hybridized carbons (Fsp3) is 0.125. The molecule has 3 rings (SSSR count). The summed E-state index contributed by atoms with van der Waals surface area (Å²) < 4.78 is 19.0. The van der Waals surface area contributed by atoms with Crippen molar-refractivity contribution < 1.29 is 18.4 Å². The first kappa shape index (κ1) is 19.5. The number of nitrogens with one attached hydrogen (secondary N) is 2. The highest BCUT2D eigenvalue weighted by Gasteiger charge is 2.14. The predicted molar refractivity (Wildman–Crippen MR) is 103 cm³/mol. The molecule has 2 aromatic heterocycles. The molecule has 0 radical (unpaired) electrons. The van der Waals surface area contributed by atoms with Crippen LogP contribution in [0.2, 0.25) is 0 Å². The van der Waals surface area contributed by atoms with Crippen LogP contribution in [0.3, 0.4) is 0 Å². The number of carbonyl (C=O) groups is 2. The average molecular weight is 471 g/mol. The Hall–Kier alpha value is -2.24. The number of hydrogen-bond acceptors (Lipinski definition) is 7. The Morgan fingerprint density at radius 3 is 2.67 bits per heavy atom. The average Bonchev–Trinajstić information content (AvgIpc) is 3.28. The Labute approximate surface area is 169 Å². The van der Waals surface area contributed by atoms with Crippen LogP contribution in [-0.4, -0.2) is 27.8 Å². The smallest absolute Gasteiger partial charge is 0.293 e. The van der Waals surface area contributed by atoms with Gasteiger partial charge in [-0.2, -0.15) is 0 Å². The molecule has 1 aromatic carbocycles. The van der Waals surface area contributed by atoms with Gasteiger partial charge in [-0.1, -0.05) is 35.2 Å². The van der Waals surface area contributed by atoms with Crippen molar-refractivity contribution in [2.75, 3.05) is 11.1 Å². The fourth-order valence-electron chi connectivity index (χ4n) is 1.89. The number of rotatable bonds is 7. The molecule has 0 saturated heterocycles. The summed E-state index contributed by atoms with van der Waals surface area (Å²) in [6, 6.07) is 9.05. The van der Waals surface area contributed by atoms with Crippen molar-refractivity contribution in [3.63, 3.8) is 0 Å². The van der Waals surface area contributed by atoms with E-state index in [9.17, 15) is 14.0 Å². The van der Waals surface area contributed by atoms with E-state index in [1.165, 1.54) is 30.0 Å². The van der Waals surface area contributed by atoms with E-state index in [4.69, 9.17) is 4.42 Å². The third kappa shape index (κ3) is 5.88. The van der Waals surface area contributed by atoms with E-state index in [1.807, 2.05) is 0 Å². The van der Waals surface area contributed by atoms with Crippen LogP contribution in [-0.2, 0) is 11.3 Å². The van der Waals surface area contributed by atoms with Crippen LogP contribution in [0.25, 0.3) is 0 Å². The van der Waals surface area contributed by atoms with Crippen LogP contribution in [0.1, 0.15) is 16.1 Å². The van der Waals surface area contributed by atoms with Gasteiger partial charge in [0.2, 0.25) is 11.0 Å². The Morgan fingerprint density at radius 2 is 1.96 bits per heavy atom. The lowest BCUT2D eigenvalue weighted by atomic mass is 10.2. The summed E-state index contributed by atoms with van der Waals surface area (Å²) >= 11 is 5.48. The van der Waals surface area contributed by atoms with E-state index in [0.29, 0.717) is 20.7 Å². The number of furan rings is 1. The molecule has 0 spiro atoms. The standard InChI is InChI=1S/C16H12BrFN4O3S2/c17-12-6-5-11(25-12)14(24)20-15-21-22-16(27-15)26-8-13(23)19-7-9-1-3-10(18)4-2-9/h1-6H,7-8H2,(H,19,23)(H,20,21,24). The van der Waals surface area contributed by atoms with Gasteiger partial charge >= 0.3 is 0 Å². The molecule has 2 N–H and O–H groups in total. The van der Waals surface area contributed by atoms with Gasteiger partial charge in [0.1, 0.15) is 5.82 Å². The fourth-order valence-corrected chi connectivity index (χ4v) is 3.78. The molecule has 2 amide bonds. The van der Waals surface area contributed by atoms with Crippen molar-refractivity contribution in [2.45, 2.75) is 10.9 Å². The second-order valence-corrected chi connectivity index (χ2v) is 8.10. The Kier molecular flexibility index (Phi) is 6.58. The zero-order valence-electron chi connectivity index (χ0n) is 13.6. The number of anilines is 1. The zero-order chi connectivity index (χ0) is 19.2. The summed E-state index contributed by atoms with van der Waals surface area (Å²) in [4.78, 5) is 23.9. The highest BCUT2D eigenvalue weighted by atomic mass is 79.9. The molecule has 0 aliphatic carbocycles. The van der Waals surface area contributed by atoms with Gasteiger partial charge < -0.3 is 9.73 Å². The first-order chi connectivity index (χ1) is 13.0. The summed E-state index contributed by atoms with van der Waals surface area (Å²) in [7, 11) is 0. The molecule has 11 heteroatoms. The third-order valence-electron chi connectivity index (χ3n) is 3.15. The van der Waals surface area contributed by atoms with Crippen molar-refractivity contribution in [1.29, 1.82) is 0 Å². The number of halogens is 2. The number of amides is 2. The van der Waals surface area contributed by atoms with Crippen molar-refractivity contribution in [1.82, 2.24) is 15.5 Å². The minimum absolute atomic E-state index is 0.145. The minimum Gasteiger partial charge on any atom is -0.444 e. The SMILES string of the molecule is O=C(CSc1nnc(NC(=O)c2ccc(Br)o2)s1)NCc1ccc(F)cc1. The molecule has 0 fully saturated rings. The molecule has 140 valence electrons.